The number of furan rings is 1. The predicted octanol–water partition coefficient (Wildman–Crippen LogP) is 2.65. The van der Waals surface area contributed by atoms with Gasteiger partial charge in [-0.3, -0.25) is 4.79 Å². The number of carbonyl (C=O) groups is 1. The molecule has 4 rings (SSSR count). The minimum Gasteiger partial charge on any atom is -0.459 e. The maximum absolute atomic E-state index is 12.1. The third-order valence-corrected chi connectivity index (χ3v) is 5.03. The smallest absolute Gasteiger partial charge is 0.289 e. The number of likely N-dealkylation sites (tertiary alicyclic amines) is 1. The molecule has 3 heterocycles. The lowest BCUT2D eigenvalue weighted by molar-refractivity contribution is 0.0537. The van der Waals surface area contributed by atoms with Gasteiger partial charge >= 0.3 is 0 Å². The third-order valence-electron chi connectivity index (χ3n) is 5.03. The average Bonchev–Trinajstić information content (AvgIpc) is 3.32. The van der Waals surface area contributed by atoms with E-state index in [0.29, 0.717) is 43.6 Å². The Morgan fingerprint density at radius 2 is 2.16 bits per heavy atom. The van der Waals surface area contributed by atoms with Crippen LogP contribution in [0.15, 0.2) is 27.3 Å². The summed E-state index contributed by atoms with van der Waals surface area (Å²) in [5, 5.41) is 4.02. The van der Waals surface area contributed by atoms with Crippen molar-refractivity contribution in [2.75, 3.05) is 26.3 Å². The molecule has 0 bridgehead atoms. The molecule has 2 fully saturated rings. The van der Waals surface area contributed by atoms with Crippen LogP contribution < -0.4 is 0 Å². The molecule has 2 aromatic heterocycles. The van der Waals surface area contributed by atoms with Crippen LogP contribution in [-0.2, 0) is 11.2 Å². The number of aromatic nitrogens is 2. The maximum Gasteiger partial charge on any atom is 0.289 e. The Morgan fingerprint density at radius 1 is 1.32 bits per heavy atom. The van der Waals surface area contributed by atoms with Crippen molar-refractivity contribution < 1.29 is 18.5 Å². The number of hydrogen-bond donors (Lipinski definition) is 0. The molecule has 0 aromatic carbocycles. The number of amides is 1. The quantitative estimate of drug-likeness (QED) is 0.718. The van der Waals surface area contributed by atoms with E-state index < -0.39 is 0 Å². The molecule has 1 saturated heterocycles. The SMILES string of the molecule is O=C(c1ccco1)N1CC(c2nc(CCOCC3CCCC3)no2)C1. The van der Waals surface area contributed by atoms with Crippen molar-refractivity contribution in [3.8, 4) is 0 Å². The predicted molar refractivity (Wildman–Crippen MR) is 88.1 cm³/mol. The molecule has 0 atom stereocenters. The highest BCUT2D eigenvalue weighted by Gasteiger charge is 2.36. The van der Waals surface area contributed by atoms with Gasteiger partial charge in [-0.1, -0.05) is 18.0 Å². The molecule has 0 spiro atoms. The summed E-state index contributed by atoms with van der Waals surface area (Å²) >= 11 is 0. The minimum atomic E-state index is -0.0960. The lowest BCUT2D eigenvalue weighted by Gasteiger charge is -2.36. The van der Waals surface area contributed by atoms with E-state index in [4.69, 9.17) is 13.7 Å². The van der Waals surface area contributed by atoms with Gasteiger partial charge in [-0.2, -0.15) is 4.98 Å². The fourth-order valence-corrected chi connectivity index (χ4v) is 3.48. The van der Waals surface area contributed by atoms with Gasteiger partial charge in [0.25, 0.3) is 5.91 Å². The van der Waals surface area contributed by atoms with Gasteiger partial charge in [0.1, 0.15) is 0 Å². The van der Waals surface area contributed by atoms with Crippen LogP contribution in [0, 0.1) is 5.92 Å². The summed E-state index contributed by atoms with van der Waals surface area (Å²) in [6.45, 7) is 2.64. The highest BCUT2D eigenvalue weighted by atomic mass is 16.5. The van der Waals surface area contributed by atoms with E-state index in [0.717, 1.165) is 12.5 Å². The Bertz CT molecular complexity index is 685. The highest BCUT2D eigenvalue weighted by Crippen LogP contribution is 2.27. The van der Waals surface area contributed by atoms with Crippen molar-refractivity contribution >= 4 is 5.91 Å². The van der Waals surface area contributed by atoms with Gasteiger partial charge in [-0.25, -0.2) is 0 Å². The lowest BCUT2D eigenvalue weighted by Crippen LogP contribution is -2.48. The van der Waals surface area contributed by atoms with Crippen LogP contribution in [-0.4, -0.2) is 47.3 Å². The van der Waals surface area contributed by atoms with E-state index in [1.807, 2.05) is 0 Å². The Kier molecular flexibility index (Phi) is 4.83. The first kappa shape index (κ1) is 16.3. The van der Waals surface area contributed by atoms with Crippen molar-refractivity contribution in [3.05, 3.63) is 35.9 Å². The van der Waals surface area contributed by atoms with Crippen molar-refractivity contribution in [3.63, 3.8) is 0 Å². The summed E-state index contributed by atoms with van der Waals surface area (Å²) in [5.41, 5.74) is 0. The number of carbonyl (C=O) groups excluding carboxylic acids is 1. The zero-order chi connectivity index (χ0) is 17.1. The number of ether oxygens (including phenoxy) is 1. The summed E-state index contributed by atoms with van der Waals surface area (Å²) < 4.78 is 16.2. The molecule has 0 radical (unpaired) electrons. The standard InChI is InChI=1S/C18H23N3O4/c22-18(15-6-3-8-24-15)21-10-14(11-21)17-19-16(20-25-17)7-9-23-12-13-4-1-2-5-13/h3,6,8,13-14H,1-2,4-5,7,9-12H2. The van der Waals surface area contributed by atoms with Crippen LogP contribution in [0.2, 0.25) is 0 Å². The second kappa shape index (κ2) is 7.39. The summed E-state index contributed by atoms with van der Waals surface area (Å²) in [4.78, 5) is 18.3. The first-order valence-corrected chi connectivity index (χ1v) is 9.02. The molecule has 134 valence electrons. The van der Waals surface area contributed by atoms with E-state index >= 15 is 0 Å². The van der Waals surface area contributed by atoms with Gasteiger partial charge in [0.2, 0.25) is 5.89 Å². The molecular formula is C18H23N3O4. The van der Waals surface area contributed by atoms with E-state index in [9.17, 15) is 4.79 Å². The van der Waals surface area contributed by atoms with Crippen LogP contribution in [0.4, 0.5) is 0 Å². The molecule has 1 aliphatic carbocycles. The second-order valence-corrected chi connectivity index (χ2v) is 6.91. The summed E-state index contributed by atoms with van der Waals surface area (Å²) in [5.74, 6) is 2.39. The third kappa shape index (κ3) is 3.76. The van der Waals surface area contributed by atoms with E-state index in [1.165, 1.54) is 31.9 Å². The summed E-state index contributed by atoms with van der Waals surface area (Å²) in [7, 11) is 0. The highest BCUT2D eigenvalue weighted by molar-refractivity contribution is 5.92. The number of nitrogens with zero attached hydrogens (tertiary/aromatic N) is 3. The Hall–Kier alpha value is -2.15. The first-order valence-electron chi connectivity index (χ1n) is 9.02. The van der Waals surface area contributed by atoms with Gasteiger partial charge in [-0.15, -0.1) is 0 Å². The maximum atomic E-state index is 12.1. The van der Waals surface area contributed by atoms with Crippen LogP contribution >= 0.6 is 0 Å². The molecule has 25 heavy (non-hydrogen) atoms. The largest absolute Gasteiger partial charge is 0.459 e. The molecule has 2 aromatic rings. The van der Waals surface area contributed by atoms with Crippen LogP contribution in [0.3, 0.4) is 0 Å². The molecular weight excluding hydrogens is 322 g/mol. The van der Waals surface area contributed by atoms with Crippen LogP contribution in [0.5, 0.6) is 0 Å². The van der Waals surface area contributed by atoms with Crippen molar-refractivity contribution in [2.45, 2.75) is 38.0 Å². The molecule has 1 amide bonds. The minimum absolute atomic E-state index is 0.0960. The van der Waals surface area contributed by atoms with Gasteiger partial charge in [0, 0.05) is 26.1 Å². The van der Waals surface area contributed by atoms with Crippen molar-refractivity contribution in [1.29, 1.82) is 0 Å². The Morgan fingerprint density at radius 3 is 2.92 bits per heavy atom. The lowest BCUT2D eigenvalue weighted by atomic mass is 10.00. The fourth-order valence-electron chi connectivity index (χ4n) is 3.48. The molecule has 2 aliphatic rings. The molecule has 7 nitrogen and oxygen atoms in total. The van der Waals surface area contributed by atoms with Crippen LogP contribution in [0.25, 0.3) is 0 Å². The molecule has 0 unspecified atom stereocenters. The zero-order valence-electron chi connectivity index (χ0n) is 14.2. The van der Waals surface area contributed by atoms with Gasteiger partial charge < -0.3 is 18.6 Å². The van der Waals surface area contributed by atoms with Crippen molar-refractivity contribution in [2.24, 2.45) is 5.92 Å². The zero-order valence-corrected chi connectivity index (χ0v) is 14.2. The first-order chi connectivity index (χ1) is 12.3. The topological polar surface area (TPSA) is 81.6 Å². The molecule has 7 heteroatoms. The fraction of sp³-hybridized carbons (Fsp3) is 0.611. The van der Waals surface area contributed by atoms with E-state index in [2.05, 4.69) is 10.1 Å². The second-order valence-electron chi connectivity index (χ2n) is 6.91. The summed E-state index contributed by atoms with van der Waals surface area (Å²) in [6.07, 6.45) is 7.43. The molecule has 0 N–H and O–H groups in total. The van der Waals surface area contributed by atoms with E-state index in [-0.39, 0.29) is 11.8 Å². The van der Waals surface area contributed by atoms with Gasteiger partial charge in [0.15, 0.2) is 11.6 Å². The molecule has 1 aliphatic heterocycles. The van der Waals surface area contributed by atoms with Crippen molar-refractivity contribution in [1.82, 2.24) is 15.0 Å². The average molecular weight is 345 g/mol. The Balaban J connectivity index is 1.19. The van der Waals surface area contributed by atoms with Gasteiger partial charge in [-0.05, 0) is 30.9 Å². The van der Waals surface area contributed by atoms with Gasteiger partial charge in [0.05, 0.1) is 18.8 Å². The summed E-state index contributed by atoms with van der Waals surface area (Å²) in [6, 6.07) is 3.38. The number of rotatable bonds is 7. The number of hydrogen-bond acceptors (Lipinski definition) is 6. The monoisotopic (exact) mass is 345 g/mol. The normalized spacial score (nSPS) is 18.6. The van der Waals surface area contributed by atoms with E-state index in [1.54, 1.807) is 17.0 Å². The van der Waals surface area contributed by atoms with Crippen LogP contribution in [0.1, 0.15) is 53.9 Å². The molecule has 1 saturated carbocycles. The Labute approximate surface area is 146 Å².